The second-order valence-corrected chi connectivity index (χ2v) is 5.71. The number of thiazole rings is 1. The Bertz CT molecular complexity index is 953. The predicted molar refractivity (Wildman–Crippen MR) is 95.6 cm³/mol. The van der Waals surface area contributed by atoms with Crippen LogP contribution in [0.1, 0.15) is 5.69 Å². The fourth-order valence-corrected chi connectivity index (χ4v) is 2.79. The van der Waals surface area contributed by atoms with Crippen LogP contribution in [-0.2, 0) is 0 Å². The van der Waals surface area contributed by atoms with Crippen LogP contribution in [0, 0.1) is 6.92 Å². The quantitative estimate of drug-likeness (QED) is 0.718. The van der Waals surface area contributed by atoms with Crippen molar-refractivity contribution in [1.29, 1.82) is 0 Å². The van der Waals surface area contributed by atoms with E-state index in [0.29, 0.717) is 5.95 Å². The molecule has 6 nitrogen and oxygen atoms in total. The lowest BCUT2D eigenvalue weighted by molar-refractivity contribution is 1.15. The molecule has 0 bridgehead atoms. The van der Waals surface area contributed by atoms with E-state index in [0.717, 1.165) is 32.7 Å². The van der Waals surface area contributed by atoms with Gasteiger partial charge in [0, 0.05) is 47.2 Å². The van der Waals surface area contributed by atoms with Gasteiger partial charge in [-0.1, -0.05) is 6.58 Å². The third-order valence-corrected chi connectivity index (χ3v) is 4.04. The lowest BCUT2D eigenvalue weighted by atomic mass is 10.2. The van der Waals surface area contributed by atoms with Crippen LogP contribution in [0.2, 0.25) is 0 Å². The summed E-state index contributed by atoms with van der Waals surface area (Å²) in [5, 5.41) is 7.66. The first-order valence-electron chi connectivity index (χ1n) is 6.99. The largest absolute Gasteiger partial charge is 0.361 e. The Hall–Kier alpha value is -2.80. The van der Waals surface area contributed by atoms with Crippen molar-refractivity contribution in [2.75, 3.05) is 12.4 Å². The lowest BCUT2D eigenvalue weighted by Gasteiger charge is -2.03. The van der Waals surface area contributed by atoms with Gasteiger partial charge in [0.2, 0.25) is 5.95 Å². The van der Waals surface area contributed by atoms with Gasteiger partial charge in [0.15, 0.2) is 5.13 Å². The maximum absolute atomic E-state index is 4.56. The molecule has 7 heteroatoms. The van der Waals surface area contributed by atoms with E-state index in [1.54, 1.807) is 19.5 Å². The third-order valence-electron chi connectivity index (χ3n) is 3.17. The van der Waals surface area contributed by atoms with Crippen molar-refractivity contribution in [2.24, 2.45) is 4.99 Å². The number of nitrogens with zero attached hydrogens (tertiary/aromatic N) is 4. The first-order chi connectivity index (χ1) is 11.2. The Morgan fingerprint density at radius 1 is 1.39 bits per heavy atom. The van der Waals surface area contributed by atoms with E-state index < -0.39 is 0 Å². The highest BCUT2D eigenvalue weighted by molar-refractivity contribution is 7.13. The van der Waals surface area contributed by atoms with Crippen molar-refractivity contribution in [3.8, 4) is 11.3 Å². The van der Waals surface area contributed by atoms with Crippen LogP contribution >= 0.6 is 11.3 Å². The van der Waals surface area contributed by atoms with Crippen molar-refractivity contribution >= 4 is 41.3 Å². The van der Waals surface area contributed by atoms with Gasteiger partial charge < -0.3 is 10.3 Å². The lowest BCUT2D eigenvalue weighted by Crippen LogP contribution is -2.22. The number of aromatic amines is 1. The summed E-state index contributed by atoms with van der Waals surface area (Å²) in [6, 6.07) is 1.86. The van der Waals surface area contributed by atoms with E-state index in [1.807, 2.05) is 30.6 Å². The molecule has 0 saturated carbocycles. The van der Waals surface area contributed by atoms with Crippen LogP contribution in [-0.4, -0.2) is 33.2 Å². The average molecular weight is 324 g/mol. The molecule has 116 valence electrons. The summed E-state index contributed by atoms with van der Waals surface area (Å²) >= 11 is 1.52. The van der Waals surface area contributed by atoms with Gasteiger partial charge in [-0.25, -0.2) is 15.0 Å². The van der Waals surface area contributed by atoms with Crippen molar-refractivity contribution in [3.05, 3.63) is 40.1 Å². The summed E-state index contributed by atoms with van der Waals surface area (Å²) in [6.07, 6.45) is 7.25. The highest BCUT2D eigenvalue weighted by Gasteiger charge is 2.07. The molecule has 0 aromatic carbocycles. The summed E-state index contributed by atoms with van der Waals surface area (Å²) in [4.78, 5) is 20.3. The van der Waals surface area contributed by atoms with Crippen molar-refractivity contribution in [2.45, 2.75) is 6.92 Å². The summed E-state index contributed by atoms with van der Waals surface area (Å²) in [5.74, 6) is 0.513. The molecule has 2 N–H and O–H groups in total. The fraction of sp³-hybridized carbons (Fsp3) is 0.125. The zero-order valence-electron chi connectivity index (χ0n) is 12.9. The molecule has 0 aliphatic carbocycles. The second kappa shape index (κ2) is 6.53. The first-order valence-corrected chi connectivity index (χ1v) is 7.86. The van der Waals surface area contributed by atoms with Gasteiger partial charge >= 0.3 is 0 Å². The van der Waals surface area contributed by atoms with Crippen LogP contribution in [0.3, 0.4) is 0 Å². The molecular weight excluding hydrogens is 308 g/mol. The molecule has 0 amide bonds. The van der Waals surface area contributed by atoms with Crippen LogP contribution in [0.25, 0.3) is 23.9 Å². The summed E-state index contributed by atoms with van der Waals surface area (Å²) in [6.45, 7) is 5.95. The van der Waals surface area contributed by atoms with Gasteiger partial charge in [0.05, 0.1) is 11.4 Å². The normalized spacial score (nSPS) is 12.2. The molecule has 0 fully saturated rings. The number of aryl methyl sites for hydroxylation is 1. The van der Waals surface area contributed by atoms with Crippen molar-refractivity contribution < 1.29 is 0 Å². The highest BCUT2D eigenvalue weighted by Crippen LogP contribution is 2.19. The topological polar surface area (TPSA) is 78.9 Å². The molecule has 0 atom stereocenters. The number of aromatic nitrogens is 4. The number of anilines is 2. The predicted octanol–water partition coefficient (Wildman–Crippen LogP) is 1.87. The second-order valence-electron chi connectivity index (χ2n) is 4.85. The fourth-order valence-electron chi connectivity index (χ4n) is 2.10. The Morgan fingerprint density at radius 3 is 3.00 bits per heavy atom. The van der Waals surface area contributed by atoms with Gasteiger partial charge in [-0.15, -0.1) is 11.3 Å². The standard InChI is InChI=1S/C16H16N6S/c1-10-9-23-16(20-10)22-15-18-7-5-14(21-15)13-8-19-11(2)12(13)4-6-17-3/h4-9,19H,2H2,1,3H3,(H,18,20,21,22)/b12-4+,17-6?. The SMILES string of the molecule is C=c1[nH]cc(-c2ccnc(Nc3nc(C)cs3)n2)/c1=C/C=NC. The van der Waals surface area contributed by atoms with Gasteiger partial charge in [0.25, 0.3) is 0 Å². The average Bonchev–Trinajstić information content (AvgIpc) is 3.11. The van der Waals surface area contributed by atoms with Gasteiger partial charge in [-0.2, -0.15) is 0 Å². The molecule has 0 saturated heterocycles. The van der Waals surface area contributed by atoms with Crippen molar-refractivity contribution in [1.82, 2.24) is 19.9 Å². The van der Waals surface area contributed by atoms with E-state index in [4.69, 9.17) is 0 Å². The highest BCUT2D eigenvalue weighted by atomic mass is 32.1. The molecule has 0 radical (unpaired) electrons. The number of nitrogens with one attached hydrogen (secondary N) is 2. The molecule has 0 aliphatic heterocycles. The smallest absolute Gasteiger partial charge is 0.229 e. The van der Waals surface area contributed by atoms with Crippen LogP contribution < -0.4 is 15.9 Å². The molecule has 0 spiro atoms. The minimum Gasteiger partial charge on any atom is -0.361 e. The van der Waals surface area contributed by atoms with Gasteiger partial charge in [-0.05, 0) is 19.1 Å². The van der Waals surface area contributed by atoms with E-state index >= 15 is 0 Å². The molecular formula is C16H16N6S. The van der Waals surface area contributed by atoms with E-state index in [-0.39, 0.29) is 0 Å². The number of rotatable bonds is 4. The molecule has 3 rings (SSSR count). The van der Waals surface area contributed by atoms with Crippen LogP contribution in [0.4, 0.5) is 11.1 Å². The van der Waals surface area contributed by atoms with Gasteiger partial charge in [-0.3, -0.25) is 4.99 Å². The molecule has 23 heavy (non-hydrogen) atoms. The Labute approximate surface area is 137 Å². The van der Waals surface area contributed by atoms with Crippen LogP contribution in [0.5, 0.6) is 0 Å². The minimum atomic E-state index is 0.513. The summed E-state index contributed by atoms with van der Waals surface area (Å²) in [5.41, 5.74) is 2.73. The Morgan fingerprint density at radius 2 is 2.26 bits per heavy atom. The number of aliphatic imine (C=N–C) groups is 1. The van der Waals surface area contributed by atoms with E-state index in [9.17, 15) is 0 Å². The monoisotopic (exact) mass is 324 g/mol. The molecule has 0 aliphatic rings. The molecule has 0 unspecified atom stereocenters. The van der Waals surface area contributed by atoms with Gasteiger partial charge in [0.1, 0.15) is 0 Å². The summed E-state index contributed by atoms with van der Waals surface area (Å²) < 4.78 is 0. The molecule has 3 aromatic heterocycles. The number of hydrogen-bond donors (Lipinski definition) is 2. The third kappa shape index (κ3) is 3.35. The number of hydrogen-bond acceptors (Lipinski definition) is 6. The van der Waals surface area contributed by atoms with E-state index in [2.05, 4.69) is 36.8 Å². The first kappa shape index (κ1) is 15.1. The zero-order valence-corrected chi connectivity index (χ0v) is 13.7. The van der Waals surface area contributed by atoms with Crippen molar-refractivity contribution in [3.63, 3.8) is 0 Å². The Balaban J connectivity index is 1.99. The number of H-pyrrole nitrogens is 1. The van der Waals surface area contributed by atoms with E-state index in [1.165, 1.54) is 11.3 Å². The molecule has 3 heterocycles. The maximum Gasteiger partial charge on any atom is 0.229 e. The van der Waals surface area contributed by atoms with Crippen LogP contribution in [0.15, 0.2) is 28.8 Å². The summed E-state index contributed by atoms with van der Waals surface area (Å²) in [7, 11) is 1.73. The minimum absolute atomic E-state index is 0.513. The molecule has 3 aromatic rings. The Kier molecular flexibility index (Phi) is 4.29. The zero-order chi connectivity index (χ0) is 16.2. The maximum atomic E-state index is 4.56.